The van der Waals surface area contributed by atoms with Gasteiger partial charge in [-0.2, -0.15) is 0 Å². The Morgan fingerprint density at radius 2 is 1.89 bits per heavy atom. The van der Waals surface area contributed by atoms with Gasteiger partial charge in [0.25, 0.3) is 0 Å². The first-order chi connectivity index (χ1) is 9.08. The first kappa shape index (κ1) is 13.9. The van der Waals surface area contributed by atoms with Crippen LogP contribution >= 0.6 is 15.9 Å². The third kappa shape index (κ3) is 3.50. The van der Waals surface area contributed by atoms with Crippen molar-refractivity contribution < 1.29 is 4.74 Å². The van der Waals surface area contributed by atoms with E-state index in [1.807, 2.05) is 44.3 Å². The molecule has 2 aromatic rings. The van der Waals surface area contributed by atoms with Crippen LogP contribution in [0.5, 0.6) is 5.75 Å². The molecule has 0 saturated heterocycles. The summed E-state index contributed by atoms with van der Waals surface area (Å²) in [6, 6.07) is 7.83. The van der Waals surface area contributed by atoms with Crippen LogP contribution in [0.25, 0.3) is 0 Å². The van der Waals surface area contributed by atoms with Crippen molar-refractivity contribution in [1.29, 1.82) is 0 Å². The van der Waals surface area contributed by atoms with Gasteiger partial charge in [-0.3, -0.25) is 9.13 Å². The molecule has 0 aliphatic carbocycles. The van der Waals surface area contributed by atoms with Crippen LogP contribution in [-0.2, 0) is 6.54 Å². The summed E-state index contributed by atoms with van der Waals surface area (Å²) in [7, 11) is 0. The number of hydrogen-bond donors (Lipinski definition) is 0. The standard InChI is InChI=1S/C14H17BrN2O2/c1-11(2)17-8-7-16(14(17)18)9-10-19-13-5-3-12(15)4-6-13/h3-8,11H,9-10H2,1-2H3. The van der Waals surface area contributed by atoms with E-state index in [0.29, 0.717) is 13.2 Å². The van der Waals surface area contributed by atoms with E-state index in [4.69, 9.17) is 4.74 Å². The summed E-state index contributed by atoms with van der Waals surface area (Å²) < 4.78 is 9.99. The molecule has 4 nitrogen and oxygen atoms in total. The molecule has 0 fully saturated rings. The summed E-state index contributed by atoms with van der Waals surface area (Å²) in [5.74, 6) is 0.805. The monoisotopic (exact) mass is 324 g/mol. The van der Waals surface area contributed by atoms with Gasteiger partial charge in [-0.1, -0.05) is 15.9 Å². The van der Waals surface area contributed by atoms with Gasteiger partial charge in [0.2, 0.25) is 0 Å². The van der Waals surface area contributed by atoms with Crippen molar-refractivity contribution in [3.63, 3.8) is 0 Å². The smallest absolute Gasteiger partial charge is 0.328 e. The summed E-state index contributed by atoms with van der Waals surface area (Å²) in [5.41, 5.74) is 0.00871. The maximum Gasteiger partial charge on any atom is 0.328 e. The fourth-order valence-electron chi connectivity index (χ4n) is 1.78. The lowest BCUT2D eigenvalue weighted by atomic mass is 10.3. The van der Waals surface area contributed by atoms with E-state index in [0.717, 1.165) is 10.2 Å². The average molecular weight is 325 g/mol. The van der Waals surface area contributed by atoms with E-state index in [2.05, 4.69) is 15.9 Å². The Hall–Kier alpha value is -1.49. The lowest BCUT2D eigenvalue weighted by Crippen LogP contribution is -2.26. The maximum atomic E-state index is 12.0. The van der Waals surface area contributed by atoms with Gasteiger partial charge in [0.15, 0.2) is 0 Å². The molecule has 0 aliphatic rings. The molecule has 102 valence electrons. The quantitative estimate of drug-likeness (QED) is 0.847. The lowest BCUT2D eigenvalue weighted by molar-refractivity contribution is 0.295. The van der Waals surface area contributed by atoms with E-state index < -0.39 is 0 Å². The van der Waals surface area contributed by atoms with Crippen LogP contribution in [0.2, 0.25) is 0 Å². The zero-order chi connectivity index (χ0) is 13.8. The topological polar surface area (TPSA) is 36.2 Å². The van der Waals surface area contributed by atoms with E-state index in [1.54, 1.807) is 15.3 Å². The Bertz CT molecular complexity index is 584. The van der Waals surface area contributed by atoms with Crippen molar-refractivity contribution in [3.8, 4) is 5.75 Å². The molecule has 0 atom stereocenters. The Kier molecular flexibility index (Phi) is 4.47. The predicted octanol–water partition coefficient (Wildman–Crippen LogP) is 3.07. The van der Waals surface area contributed by atoms with Crippen LogP contribution in [0.1, 0.15) is 19.9 Å². The van der Waals surface area contributed by atoms with Gasteiger partial charge in [0, 0.05) is 22.9 Å². The molecule has 0 aliphatic heterocycles. The summed E-state index contributed by atoms with van der Waals surface area (Å²) in [5, 5.41) is 0. The van der Waals surface area contributed by atoms with Crippen LogP contribution < -0.4 is 10.4 Å². The highest BCUT2D eigenvalue weighted by Gasteiger charge is 2.05. The zero-order valence-electron chi connectivity index (χ0n) is 11.0. The van der Waals surface area contributed by atoms with E-state index in [1.165, 1.54) is 0 Å². The fraction of sp³-hybridized carbons (Fsp3) is 0.357. The number of nitrogens with zero attached hydrogens (tertiary/aromatic N) is 2. The molecule has 1 aromatic carbocycles. The minimum absolute atomic E-state index is 0.00871. The van der Waals surface area contributed by atoms with Crippen molar-refractivity contribution >= 4 is 15.9 Å². The first-order valence-electron chi connectivity index (χ1n) is 6.23. The van der Waals surface area contributed by atoms with E-state index in [-0.39, 0.29) is 11.7 Å². The molecule has 5 heteroatoms. The van der Waals surface area contributed by atoms with Crippen molar-refractivity contribution in [3.05, 3.63) is 51.6 Å². The SMILES string of the molecule is CC(C)n1ccn(CCOc2ccc(Br)cc2)c1=O. The minimum Gasteiger partial charge on any atom is -0.492 e. The van der Waals surface area contributed by atoms with Gasteiger partial charge in [-0.25, -0.2) is 4.79 Å². The molecule has 0 radical (unpaired) electrons. The van der Waals surface area contributed by atoms with Gasteiger partial charge < -0.3 is 4.74 Å². The molecule has 0 amide bonds. The van der Waals surface area contributed by atoms with Crippen molar-refractivity contribution in [2.45, 2.75) is 26.4 Å². The van der Waals surface area contributed by atoms with Crippen molar-refractivity contribution in [1.82, 2.24) is 9.13 Å². The van der Waals surface area contributed by atoms with Crippen molar-refractivity contribution in [2.24, 2.45) is 0 Å². The number of hydrogen-bond acceptors (Lipinski definition) is 2. The van der Waals surface area contributed by atoms with Gasteiger partial charge in [0.1, 0.15) is 12.4 Å². The molecule has 1 aromatic heterocycles. The largest absolute Gasteiger partial charge is 0.492 e. The summed E-state index contributed by atoms with van der Waals surface area (Å²) >= 11 is 3.37. The molecular formula is C14H17BrN2O2. The highest BCUT2D eigenvalue weighted by molar-refractivity contribution is 9.10. The van der Waals surface area contributed by atoms with Crippen molar-refractivity contribution in [2.75, 3.05) is 6.61 Å². The van der Waals surface area contributed by atoms with Gasteiger partial charge in [-0.05, 0) is 38.1 Å². The Morgan fingerprint density at radius 3 is 2.47 bits per heavy atom. The third-order valence-electron chi connectivity index (χ3n) is 2.84. The molecule has 0 saturated carbocycles. The third-order valence-corrected chi connectivity index (χ3v) is 3.37. The van der Waals surface area contributed by atoms with E-state index >= 15 is 0 Å². The molecule has 0 spiro atoms. The number of ether oxygens (including phenoxy) is 1. The number of halogens is 1. The number of rotatable bonds is 5. The lowest BCUT2D eigenvalue weighted by Gasteiger charge is -2.07. The molecular weight excluding hydrogens is 308 g/mol. The average Bonchev–Trinajstić information content (AvgIpc) is 2.74. The van der Waals surface area contributed by atoms with Crippen LogP contribution in [0.3, 0.4) is 0 Å². The number of imidazole rings is 1. The number of aromatic nitrogens is 2. The van der Waals surface area contributed by atoms with Gasteiger partial charge >= 0.3 is 5.69 Å². The van der Waals surface area contributed by atoms with Gasteiger partial charge in [-0.15, -0.1) is 0 Å². The molecule has 2 rings (SSSR count). The molecule has 19 heavy (non-hydrogen) atoms. The highest BCUT2D eigenvalue weighted by atomic mass is 79.9. The molecule has 1 heterocycles. The highest BCUT2D eigenvalue weighted by Crippen LogP contribution is 2.15. The van der Waals surface area contributed by atoms with Crippen LogP contribution in [0.4, 0.5) is 0 Å². The molecule has 0 bridgehead atoms. The maximum absolute atomic E-state index is 12.0. The van der Waals surface area contributed by atoms with E-state index in [9.17, 15) is 4.79 Å². The van der Waals surface area contributed by atoms with Crippen LogP contribution in [-0.4, -0.2) is 15.7 Å². The summed E-state index contributed by atoms with van der Waals surface area (Å²) in [6.45, 7) is 5.01. The van der Waals surface area contributed by atoms with Gasteiger partial charge in [0.05, 0.1) is 6.54 Å². The summed E-state index contributed by atoms with van der Waals surface area (Å²) in [6.07, 6.45) is 3.61. The predicted molar refractivity (Wildman–Crippen MR) is 78.7 cm³/mol. The minimum atomic E-state index is 0.00871. The Morgan fingerprint density at radius 1 is 1.21 bits per heavy atom. The molecule has 0 N–H and O–H groups in total. The molecule has 0 unspecified atom stereocenters. The van der Waals surface area contributed by atoms with Crippen LogP contribution in [0.15, 0.2) is 45.9 Å². The fourth-order valence-corrected chi connectivity index (χ4v) is 2.05. The number of benzene rings is 1. The first-order valence-corrected chi connectivity index (χ1v) is 7.03. The Labute approximate surface area is 120 Å². The second kappa shape index (κ2) is 6.10. The normalized spacial score (nSPS) is 10.9. The second-order valence-electron chi connectivity index (χ2n) is 4.58. The zero-order valence-corrected chi connectivity index (χ0v) is 12.6. The Balaban J connectivity index is 1.93. The summed E-state index contributed by atoms with van der Waals surface area (Å²) in [4.78, 5) is 12.0. The second-order valence-corrected chi connectivity index (χ2v) is 5.49. The van der Waals surface area contributed by atoms with Crippen LogP contribution in [0, 0.1) is 0 Å².